The SMILES string of the molecule is C=C(C)C(=O)OCCOC([CH2+])(C)OCCOC(=O)C(=C)C.C=C(C)C(=O)OCCOCCOCCOC.CCC(C)(CC(C)(C)C(=O)OCCOC(C)(C)OCCOC(=O)C(C)(C)CC(C)(C)C(=O)OCCOCCOCCOC)C(=O)OCCOCCOCCOC. The Morgan fingerprint density at radius 1 is 0.312 bits per heavy atom. The van der Waals surface area contributed by atoms with Crippen LogP contribution in [0.1, 0.15) is 116 Å². The van der Waals surface area contributed by atoms with Crippen LogP contribution in [-0.4, -0.2) is 246 Å². The Hall–Kier alpha value is -5.14. The van der Waals surface area contributed by atoms with Crippen molar-refractivity contribution in [2.24, 2.45) is 21.7 Å². The number of carbonyl (C=O) groups is 7. The highest BCUT2D eigenvalue weighted by Crippen LogP contribution is 2.39. The van der Waals surface area contributed by atoms with Crippen LogP contribution in [-0.2, 0) is 128 Å². The van der Waals surface area contributed by atoms with E-state index in [0.717, 1.165) is 0 Å². The molecule has 0 aliphatic heterocycles. The molecule has 0 N–H and O–H groups in total. The first kappa shape index (κ1) is 92.1. The van der Waals surface area contributed by atoms with Crippen LogP contribution in [0.15, 0.2) is 36.5 Å². The number of hydrogen-bond donors (Lipinski definition) is 0. The second-order valence-corrected chi connectivity index (χ2v) is 23.8. The maximum absolute atomic E-state index is 13.0. The lowest BCUT2D eigenvalue weighted by atomic mass is 9.72. The third-order valence-electron chi connectivity index (χ3n) is 12.5. The summed E-state index contributed by atoms with van der Waals surface area (Å²) in [5.41, 5.74) is -2.78. The van der Waals surface area contributed by atoms with Gasteiger partial charge in [-0.25, -0.2) is 14.4 Å². The molecule has 0 aliphatic carbocycles. The molecule has 0 saturated heterocycles. The Morgan fingerprint density at radius 3 is 0.817 bits per heavy atom. The number of ether oxygens (including phenoxy) is 20. The average Bonchev–Trinajstić information content (AvgIpc) is 0.844. The average molecular weight is 1340 g/mol. The summed E-state index contributed by atoms with van der Waals surface area (Å²) in [6.45, 7) is 45.2. The Morgan fingerprint density at radius 2 is 0.538 bits per heavy atom. The monoisotopic (exact) mass is 1340 g/mol. The van der Waals surface area contributed by atoms with Crippen molar-refractivity contribution >= 4 is 41.8 Å². The van der Waals surface area contributed by atoms with Gasteiger partial charge in [0, 0.05) is 45.0 Å². The fourth-order valence-electron chi connectivity index (χ4n) is 7.45. The number of rotatable bonds is 55. The molecule has 27 nitrogen and oxygen atoms in total. The van der Waals surface area contributed by atoms with Crippen LogP contribution < -0.4 is 0 Å². The summed E-state index contributed by atoms with van der Waals surface area (Å²) in [6.07, 6.45) is 0.883. The Bertz CT molecular complexity index is 2070. The number of hydrogen-bond acceptors (Lipinski definition) is 27. The topological polar surface area (TPSA) is 304 Å². The van der Waals surface area contributed by atoms with E-state index in [1.165, 1.54) is 0 Å². The molecule has 0 radical (unpaired) electrons. The van der Waals surface area contributed by atoms with Crippen LogP contribution in [0.4, 0.5) is 0 Å². The molecular formula is C66H117O27+. The first-order valence-corrected chi connectivity index (χ1v) is 31.0. The molecule has 542 valence electrons. The van der Waals surface area contributed by atoms with Gasteiger partial charge in [0.25, 0.3) is 0 Å². The van der Waals surface area contributed by atoms with Gasteiger partial charge in [0.1, 0.15) is 53.2 Å². The molecule has 0 rings (SSSR count). The van der Waals surface area contributed by atoms with Crippen LogP contribution >= 0.6 is 0 Å². The van der Waals surface area contributed by atoms with Gasteiger partial charge in [0.2, 0.25) is 0 Å². The molecule has 0 heterocycles. The van der Waals surface area contributed by atoms with Crippen molar-refractivity contribution in [2.75, 3.05) is 193 Å². The highest BCUT2D eigenvalue weighted by Gasteiger charge is 2.44. The lowest BCUT2D eigenvalue weighted by Crippen LogP contribution is -2.39. The minimum absolute atomic E-state index is 0.0342. The molecule has 0 fully saturated rings. The lowest BCUT2D eigenvalue weighted by Gasteiger charge is -2.33. The van der Waals surface area contributed by atoms with Crippen molar-refractivity contribution in [3.05, 3.63) is 43.4 Å². The molecule has 1 unspecified atom stereocenters. The second-order valence-electron chi connectivity index (χ2n) is 23.8. The molecule has 0 aliphatic rings. The van der Waals surface area contributed by atoms with Gasteiger partial charge in [-0.05, 0) is 102 Å². The Balaban J connectivity index is -0.00000176. The van der Waals surface area contributed by atoms with E-state index in [0.29, 0.717) is 109 Å². The van der Waals surface area contributed by atoms with Crippen molar-refractivity contribution < 1.29 is 128 Å². The van der Waals surface area contributed by atoms with E-state index in [9.17, 15) is 33.6 Å². The van der Waals surface area contributed by atoms with Crippen molar-refractivity contribution in [3.8, 4) is 0 Å². The second kappa shape index (κ2) is 53.1. The molecule has 93 heavy (non-hydrogen) atoms. The van der Waals surface area contributed by atoms with Crippen molar-refractivity contribution in [1.82, 2.24) is 0 Å². The normalized spacial score (nSPS) is 12.4. The number of carbonyl (C=O) groups excluding carboxylic acids is 7. The maximum Gasteiger partial charge on any atom is 0.333 e. The third-order valence-corrected chi connectivity index (χ3v) is 12.5. The van der Waals surface area contributed by atoms with Gasteiger partial charge in [-0.1, -0.05) is 26.7 Å². The van der Waals surface area contributed by atoms with Crippen LogP contribution in [0.3, 0.4) is 0 Å². The van der Waals surface area contributed by atoms with Crippen LogP contribution in [0.2, 0.25) is 0 Å². The summed E-state index contributed by atoms with van der Waals surface area (Å²) < 4.78 is 105. The summed E-state index contributed by atoms with van der Waals surface area (Å²) in [5.74, 6) is -5.33. The highest BCUT2D eigenvalue weighted by atomic mass is 16.7. The van der Waals surface area contributed by atoms with Gasteiger partial charge < -0.3 is 94.7 Å². The molecule has 0 spiro atoms. The summed E-state index contributed by atoms with van der Waals surface area (Å²) in [5, 5.41) is 0. The molecular weight excluding hydrogens is 1220 g/mol. The van der Waals surface area contributed by atoms with Gasteiger partial charge in [-0.3, -0.25) is 19.2 Å². The maximum atomic E-state index is 13.0. The minimum atomic E-state index is -1.12. The third kappa shape index (κ3) is 50.9. The van der Waals surface area contributed by atoms with Crippen LogP contribution in [0, 0.1) is 28.6 Å². The standard InChI is InChI=1S/C40H74O16.C15H23O6.C11H20O5/c1-13-40(10,35(44)54-25-23-50-21-19-48-17-15-46-12)31-38(6,7)34(43)53-27-29-56-39(8,9)55-28-26-52-33(42)37(4,5)30-36(2,3)32(41)51-24-22-49-20-18-47-16-14-45-11;1-11(2)13(16)18-7-9-20-15(5,6)21-10-8-19-14(17)12(3)4;1-10(2)11(12)16-9-8-15-7-6-14-5-4-13-3/h13-31H2,1-12H3;1,3,5,7-10H2,2,4,6H3;1,4-9H2,2-3H3/q;+1;. The largest absolute Gasteiger partial charge is 0.463 e. The predicted octanol–water partition coefficient (Wildman–Crippen LogP) is 7.16. The first-order chi connectivity index (χ1) is 43.5. The Labute approximate surface area is 554 Å². The van der Waals surface area contributed by atoms with E-state index in [4.69, 9.17) is 94.7 Å². The van der Waals surface area contributed by atoms with Crippen molar-refractivity contribution in [3.63, 3.8) is 0 Å². The molecule has 0 aromatic heterocycles. The summed E-state index contributed by atoms with van der Waals surface area (Å²) in [7, 11) is 4.82. The van der Waals surface area contributed by atoms with Gasteiger partial charge in [0.15, 0.2) is 5.79 Å². The molecule has 0 aromatic carbocycles. The zero-order valence-electron chi connectivity index (χ0n) is 59.4. The van der Waals surface area contributed by atoms with Crippen molar-refractivity contribution in [2.45, 2.75) is 128 Å². The quantitative estimate of drug-likeness (QED) is 0.0146. The van der Waals surface area contributed by atoms with Crippen LogP contribution in [0.25, 0.3) is 0 Å². The highest BCUT2D eigenvalue weighted by molar-refractivity contribution is 5.87. The summed E-state index contributed by atoms with van der Waals surface area (Å²) >= 11 is 0. The smallest absolute Gasteiger partial charge is 0.333 e. The lowest BCUT2D eigenvalue weighted by molar-refractivity contribution is -0.224. The summed E-state index contributed by atoms with van der Waals surface area (Å²) in [4.78, 5) is 84.9. The fraction of sp³-hybridized carbons (Fsp3) is 0.788. The van der Waals surface area contributed by atoms with Gasteiger partial charge in [-0.15, -0.1) is 0 Å². The van der Waals surface area contributed by atoms with Gasteiger partial charge in [-0.2, -0.15) is 0 Å². The molecule has 27 heteroatoms. The zero-order chi connectivity index (χ0) is 71.4. The van der Waals surface area contributed by atoms with Crippen molar-refractivity contribution in [1.29, 1.82) is 0 Å². The molecule has 0 aromatic rings. The molecule has 0 saturated carbocycles. The van der Waals surface area contributed by atoms with E-state index >= 15 is 0 Å². The number of methoxy groups -OCH3 is 3. The van der Waals surface area contributed by atoms with Gasteiger partial charge in [0.05, 0.1) is 147 Å². The molecule has 0 bridgehead atoms. The fourth-order valence-corrected chi connectivity index (χ4v) is 7.45. The van der Waals surface area contributed by atoms with Gasteiger partial charge >= 0.3 is 47.6 Å². The first-order valence-electron chi connectivity index (χ1n) is 31.0. The molecule has 0 amide bonds. The molecule has 1 atom stereocenters. The van der Waals surface area contributed by atoms with E-state index in [2.05, 4.69) is 26.7 Å². The number of esters is 7. The van der Waals surface area contributed by atoms with E-state index in [1.807, 2.05) is 6.92 Å². The summed E-state index contributed by atoms with van der Waals surface area (Å²) in [6, 6.07) is 0. The predicted molar refractivity (Wildman–Crippen MR) is 342 cm³/mol. The zero-order valence-corrected chi connectivity index (χ0v) is 59.4. The van der Waals surface area contributed by atoms with E-state index in [1.54, 1.807) is 111 Å². The van der Waals surface area contributed by atoms with Crippen LogP contribution in [0.5, 0.6) is 0 Å². The Kier molecular flexibility index (Phi) is 52.5. The van der Waals surface area contributed by atoms with E-state index < -0.39 is 69.1 Å². The minimum Gasteiger partial charge on any atom is -0.463 e. The van der Waals surface area contributed by atoms with E-state index in [-0.39, 0.29) is 105 Å².